The van der Waals surface area contributed by atoms with Gasteiger partial charge in [0, 0.05) is 36.9 Å². The molecule has 2 aromatic rings. The summed E-state index contributed by atoms with van der Waals surface area (Å²) in [7, 11) is 0. The highest BCUT2D eigenvalue weighted by molar-refractivity contribution is 7.98. The summed E-state index contributed by atoms with van der Waals surface area (Å²) in [6, 6.07) is 5.97. The number of thioether (sulfide) groups is 1. The molecule has 3 rings (SSSR count). The van der Waals surface area contributed by atoms with Crippen LogP contribution in [-0.4, -0.2) is 38.8 Å². The van der Waals surface area contributed by atoms with Gasteiger partial charge in [0.25, 0.3) is 0 Å². The Kier molecular flexibility index (Phi) is 7.38. The summed E-state index contributed by atoms with van der Waals surface area (Å²) in [6.45, 7) is 0.721. The van der Waals surface area contributed by atoms with E-state index < -0.39 is 0 Å². The molecule has 0 radical (unpaired) electrons. The predicted molar refractivity (Wildman–Crippen MR) is 106 cm³/mol. The Morgan fingerprint density at radius 1 is 1.35 bits per heavy atom. The van der Waals surface area contributed by atoms with Crippen molar-refractivity contribution in [3.8, 4) is 0 Å². The maximum Gasteiger partial charge on any atom is 0.220 e. The van der Waals surface area contributed by atoms with Crippen LogP contribution < -0.4 is 5.32 Å². The number of aliphatic hydroxyl groups excluding tert-OH is 1. The van der Waals surface area contributed by atoms with Gasteiger partial charge in [-0.25, -0.2) is 4.98 Å². The second-order valence-corrected chi connectivity index (χ2v) is 8.21. The lowest BCUT2D eigenvalue weighted by Crippen LogP contribution is -2.28. The molecule has 0 aliphatic heterocycles. The Balaban J connectivity index is 1.25. The number of aliphatic hydroxyl groups is 1. The fraction of sp³-hybridized carbons (Fsp3) is 0.600. The molecule has 0 saturated heterocycles. The van der Waals surface area contributed by atoms with Crippen LogP contribution in [0.15, 0.2) is 30.6 Å². The lowest BCUT2D eigenvalue weighted by molar-refractivity contribution is -0.120. The van der Waals surface area contributed by atoms with Crippen LogP contribution in [0.2, 0.25) is 0 Å². The second-order valence-electron chi connectivity index (χ2n) is 7.10. The van der Waals surface area contributed by atoms with Crippen LogP contribution in [0.25, 0.3) is 5.65 Å². The number of amides is 1. The fourth-order valence-corrected chi connectivity index (χ4v) is 4.43. The molecule has 1 aliphatic carbocycles. The number of nitrogens with zero attached hydrogens (tertiary/aromatic N) is 2. The molecule has 1 amide bonds. The lowest BCUT2D eigenvalue weighted by atomic mass is 9.83. The van der Waals surface area contributed by atoms with Gasteiger partial charge in [-0.2, -0.15) is 11.8 Å². The number of pyridine rings is 1. The molecule has 1 fully saturated rings. The Morgan fingerprint density at radius 2 is 2.23 bits per heavy atom. The molecule has 0 bridgehead atoms. The monoisotopic (exact) mass is 375 g/mol. The van der Waals surface area contributed by atoms with Crippen LogP contribution in [0.5, 0.6) is 0 Å². The number of nitrogens with one attached hydrogen (secondary N) is 1. The van der Waals surface area contributed by atoms with E-state index in [4.69, 9.17) is 0 Å². The zero-order chi connectivity index (χ0) is 18.2. The number of rotatable bonds is 9. The van der Waals surface area contributed by atoms with Crippen molar-refractivity contribution in [2.75, 3.05) is 12.3 Å². The minimum atomic E-state index is -0.129. The SMILES string of the molecule is O=C(CCSCc1cn2ccccc2n1)NCCC[C@@H]1CCCC[C@H]1O. The molecule has 2 atom stereocenters. The van der Waals surface area contributed by atoms with Crippen LogP contribution in [0.1, 0.15) is 50.6 Å². The van der Waals surface area contributed by atoms with E-state index in [1.807, 2.05) is 35.0 Å². The zero-order valence-corrected chi connectivity index (χ0v) is 16.1. The van der Waals surface area contributed by atoms with Crippen molar-refractivity contribution >= 4 is 23.3 Å². The highest BCUT2D eigenvalue weighted by atomic mass is 32.2. The highest BCUT2D eigenvalue weighted by Gasteiger charge is 2.22. The first-order valence-corrected chi connectivity index (χ1v) is 10.8. The van der Waals surface area contributed by atoms with Crippen LogP contribution in [0.4, 0.5) is 0 Å². The number of carbonyl (C=O) groups is 1. The third-order valence-corrected chi connectivity index (χ3v) is 6.07. The Labute approximate surface area is 159 Å². The molecule has 142 valence electrons. The van der Waals surface area contributed by atoms with E-state index in [9.17, 15) is 9.90 Å². The van der Waals surface area contributed by atoms with Crippen LogP contribution in [-0.2, 0) is 10.5 Å². The minimum absolute atomic E-state index is 0.122. The van der Waals surface area contributed by atoms with E-state index in [0.717, 1.165) is 61.5 Å². The number of hydrogen-bond donors (Lipinski definition) is 2. The van der Waals surface area contributed by atoms with Crippen LogP contribution >= 0.6 is 11.8 Å². The first kappa shape index (κ1) is 19.2. The zero-order valence-electron chi connectivity index (χ0n) is 15.3. The van der Waals surface area contributed by atoms with Gasteiger partial charge in [-0.15, -0.1) is 0 Å². The van der Waals surface area contributed by atoms with E-state index >= 15 is 0 Å². The molecule has 0 aromatic carbocycles. The molecule has 6 heteroatoms. The predicted octanol–water partition coefficient (Wildman–Crippen LogP) is 3.41. The Hall–Kier alpha value is -1.53. The number of fused-ring (bicyclic) bond motifs is 1. The quantitative estimate of drug-likeness (QED) is 0.659. The van der Waals surface area contributed by atoms with E-state index in [1.54, 1.807) is 11.8 Å². The van der Waals surface area contributed by atoms with Crippen molar-refractivity contribution in [3.05, 3.63) is 36.3 Å². The Bertz CT molecular complexity index is 670. The molecule has 2 aromatic heterocycles. The molecule has 5 nitrogen and oxygen atoms in total. The van der Waals surface area contributed by atoms with Crippen molar-refractivity contribution in [2.45, 2.75) is 56.8 Å². The minimum Gasteiger partial charge on any atom is -0.393 e. The maximum atomic E-state index is 11.9. The molecule has 0 spiro atoms. The van der Waals surface area contributed by atoms with Crippen molar-refractivity contribution in [1.29, 1.82) is 0 Å². The van der Waals surface area contributed by atoms with Crippen molar-refractivity contribution in [1.82, 2.24) is 14.7 Å². The van der Waals surface area contributed by atoms with Gasteiger partial charge in [0.05, 0.1) is 11.8 Å². The summed E-state index contributed by atoms with van der Waals surface area (Å²) in [5.74, 6) is 2.19. The number of carbonyl (C=O) groups excluding carboxylic acids is 1. The first-order valence-electron chi connectivity index (χ1n) is 9.67. The smallest absolute Gasteiger partial charge is 0.220 e. The normalized spacial score (nSPS) is 20.3. The van der Waals surface area contributed by atoms with E-state index in [-0.39, 0.29) is 12.0 Å². The third-order valence-electron chi connectivity index (χ3n) is 5.08. The standard InChI is InChI=1S/C20H29N3O2S/c24-18-8-2-1-6-16(18)7-5-11-21-20(25)10-13-26-15-17-14-23-12-4-3-9-19(23)22-17/h3-4,9,12,14,16,18,24H,1-2,5-8,10-11,13,15H2,(H,21,25)/t16-,18+/m0/s1. The third kappa shape index (κ3) is 5.74. The van der Waals surface area contributed by atoms with Crippen LogP contribution in [0, 0.1) is 5.92 Å². The maximum absolute atomic E-state index is 11.9. The summed E-state index contributed by atoms with van der Waals surface area (Å²) < 4.78 is 2.02. The van der Waals surface area contributed by atoms with Crippen LogP contribution in [0.3, 0.4) is 0 Å². The second kappa shape index (κ2) is 9.97. The Morgan fingerprint density at radius 3 is 3.08 bits per heavy atom. The van der Waals surface area contributed by atoms with Gasteiger partial charge >= 0.3 is 0 Å². The summed E-state index contributed by atoms with van der Waals surface area (Å²) >= 11 is 1.74. The van der Waals surface area contributed by atoms with Gasteiger partial charge in [0.2, 0.25) is 5.91 Å². The number of imidazole rings is 1. The number of hydrogen-bond acceptors (Lipinski definition) is 4. The van der Waals surface area contributed by atoms with Gasteiger partial charge < -0.3 is 14.8 Å². The first-order chi connectivity index (χ1) is 12.7. The van der Waals surface area contributed by atoms with E-state index in [2.05, 4.69) is 10.3 Å². The molecule has 2 heterocycles. The van der Waals surface area contributed by atoms with Gasteiger partial charge in [-0.05, 0) is 43.7 Å². The van der Waals surface area contributed by atoms with Gasteiger partial charge in [-0.1, -0.05) is 18.9 Å². The molecule has 1 saturated carbocycles. The van der Waals surface area contributed by atoms with Crippen molar-refractivity contribution < 1.29 is 9.90 Å². The van der Waals surface area contributed by atoms with Gasteiger partial charge in [0.15, 0.2) is 0 Å². The molecular weight excluding hydrogens is 346 g/mol. The summed E-state index contributed by atoms with van der Waals surface area (Å²) in [4.78, 5) is 16.5. The fourth-order valence-electron chi connectivity index (χ4n) is 3.60. The topological polar surface area (TPSA) is 66.6 Å². The largest absolute Gasteiger partial charge is 0.393 e. The summed E-state index contributed by atoms with van der Waals surface area (Å²) in [6.07, 6.45) is 10.9. The van der Waals surface area contributed by atoms with Gasteiger partial charge in [-0.3, -0.25) is 4.79 Å². The average molecular weight is 376 g/mol. The van der Waals surface area contributed by atoms with Crippen molar-refractivity contribution in [3.63, 3.8) is 0 Å². The van der Waals surface area contributed by atoms with Gasteiger partial charge in [0.1, 0.15) is 5.65 Å². The summed E-state index contributed by atoms with van der Waals surface area (Å²) in [5.41, 5.74) is 2.01. The molecule has 0 unspecified atom stereocenters. The molecule has 1 aliphatic rings. The molecule has 2 N–H and O–H groups in total. The van der Waals surface area contributed by atoms with E-state index in [1.165, 1.54) is 6.42 Å². The lowest BCUT2D eigenvalue weighted by Gasteiger charge is -2.27. The number of aromatic nitrogens is 2. The molecule has 26 heavy (non-hydrogen) atoms. The van der Waals surface area contributed by atoms with Crippen molar-refractivity contribution in [2.24, 2.45) is 5.92 Å². The summed E-state index contributed by atoms with van der Waals surface area (Å²) in [5, 5.41) is 13.0. The van der Waals surface area contributed by atoms with E-state index in [0.29, 0.717) is 12.3 Å². The highest BCUT2D eigenvalue weighted by Crippen LogP contribution is 2.27. The average Bonchev–Trinajstić information content (AvgIpc) is 3.06. The molecular formula is C20H29N3O2S.